The molecule has 154 valence electrons. The monoisotopic (exact) mass is 408 g/mol. The smallest absolute Gasteiger partial charge is 0.277 e. The SMILES string of the molecule is CCCCCc1nc(C(N)=O)sc1-c1cccc(C23CC4CC(CC(C4)C2)C3)c1. The Bertz CT molecular complexity index is 880. The number of amides is 1. The number of aryl methyl sites for hydroxylation is 1. The quantitative estimate of drug-likeness (QED) is 0.562. The fraction of sp³-hybridized carbons (Fsp3) is 0.600. The van der Waals surface area contributed by atoms with E-state index < -0.39 is 5.91 Å². The summed E-state index contributed by atoms with van der Waals surface area (Å²) in [5.41, 5.74) is 9.78. The first-order valence-corrected chi connectivity index (χ1v) is 12.3. The molecular weight excluding hydrogens is 376 g/mol. The van der Waals surface area contributed by atoms with Crippen LogP contribution in [0.4, 0.5) is 0 Å². The van der Waals surface area contributed by atoms with Crippen LogP contribution in [-0.4, -0.2) is 10.9 Å². The van der Waals surface area contributed by atoms with Gasteiger partial charge < -0.3 is 5.73 Å². The Morgan fingerprint density at radius 3 is 2.45 bits per heavy atom. The third-order valence-corrected chi connectivity index (χ3v) is 8.86. The first-order valence-electron chi connectivity index (χ1n) is 11.5. The lowest BCUT2D eigenvalue weighted by molar-refractivity contribution is -0.00516. The van der Waals surface area contributed by atoms with Gasteiger partial charge >= 0.3 is 0 Å². The zero-order valence-corrected chi connectivity index (χ0v) is 18.3. The zero-order valence-electron chi connectivity index (χ0n) is 17.5. The molecule has 4 aliphatic rings. The molecule has 4 heteroatoms. The van der Waals surface area contributed by atoms with Gasteiger partial charge in [-0.25, -0.2) is 4.98 Å². The van der Waals surface area contributed by atoms with E-state index in [1.165, 1.54) is 73.8 Å². The summed E-state index contributed by atoms with van der Waals surface area (Å²) in [5.74, 6) is 2.42. The summed E-state index contributed by atoms with van der Waals surface area (Å²) in [6.07, 6.45) is 12.9. The number of thiazole rings is 1. The largest absolute Gasteiger partial charge is 0.364 e. The third-order valence-electron chi connectivity index (χ3n) is 7.70. The van der Waals surface area contributed by atoms with Gasteiger partial charge in [-0.05, 0) is 91.7 Å². The van der Waals surface area contributed by atoms with Gasteiger partial charge in [0.15, 0.2) is 5.01 Å². The number of hydrogen-bond acceptors (Lipinski definition) is 3. The number of rotatable bonds is 7. The van der Waals surface area contributed by atoms with E-state index in [2.05, 4.69) is 36.2 Å². The molecule has 1 aromatic carbocycles. The summed E-state index contributed by atoms with van der Waals surface area (Å²) < 4.78 is 0. The normalized spacial score (nSPS) is 30.0. The Labute approximate surface area is 178 Å². The predicted octanol–water partition coefficient (Wildman–Crippen LogP) is 6.11. The van der Waals surface area contributed by atoms with E-state index in [-0.39, 0.29) is 0 Å². The van der Waals surface area contributed by atoms with Crippen molar-refractivity contribution in [1.82, 2.24) is 4.98 Å². The van der Waals surface area contributed by atoms with Crippen LogP contribution in [0, 0.1) is 17.8 Å². The molecule has 0 unspecified atom stereocenters. The molecule has 6 rings (SSSR count). The number of hydrogen-bond donors (Lipinski definition) is 1. The van der Waals surface area contributed by atoms with Gasteiger partial charge in [0, 0.05) is 0 Å². The first-order chi connectivity index (χ1) is 14.1. The summed E-state index contributed by atoms with van der Waals surface area (Å²) in [6.45, 7) is 2.21. The number of nitrogens with two attached hydrogens (primary N) is 1. The summed E-state index contributed by atoms with van der Waals surface area (Å²) in [5, 5.41) is 0.451. The molecule has 2 aromatic rings. The molecule has 1 heterocycles. The van der Waals surface area contributed by atoms with Gasteiger partial charge in [-0.3, -0.25) is 4.79 Å². The minimum Gasteiger partial charge on any atom is -0.364 e. The number of nitrogens with zero attached hydrogens (tertiary/aromatic N) is 1. The van der Waals surface area contributed by atoms with Crippen LogP contribution in [0.1, 0.15) is 85.8 Å². The average Bonchev–Trinajstić information content (AvgIpc) is 3.12. The molecular formula is C25H32N2OS. The third kappa shape index (κ3) is 3.54. The van der Waals surface area contributed by atoms with Crippen molar-refractivity contribution < 1.29 is 4.79 Å². The van der Waals surface area contributed by atoms with Crippen molar-refractivity contribution in [3.05, 3.63) is 40.5 Å². The lowest BCUT2D eigenvalue weighted by Crippen LogP contribution is -2.48. The fourth-order valence-electron chi connectivity index (χ4n) is 6.85. The van der Waals surface area contributed by atoms with Crippen LogP contribution in [0.15, 0.2) is 24.3 Å². The van der Waals surface area contributed by atoms with Crippen molar-refractivity contribution in [3.8, 4) is 10.4 Å². The zero-order chi connectivity index (χ0) is 20.0. The van der Waals surface area contributed by atoms with Gasteiger partial charge in [0.1, 0.15) is 0 Å². The van der Waals surface area contributed by atoms with E-state index >= 15 is 0 Å². The Hall–Kier alpha value is -1.68. The van der Waals surface area contributed by atoms with Crippen LogP contribution >= 0.6 is 11.3 Å². The Morgan fingerprint density at radius 2 is 1.83 bits per heavy atom. The second-order valence-electron chi connectivity index (χ2n) is 9.89. The molecule has 4 fully saturated rings. The molecule has 29 heavy (non-hydrogen) atoms. The summed E-state index contributed by atoms with van der Waals surface area (Å²) >= 11 is 1.48. The van der Waals surface area contributed by atoms with E-state index in [0.29, 0.717) is 10.4 Å². The average molecular weight is 409 g/mol. The summed E-state index contributed by atoms with van der Waals surface area (Å²) in [7, 11) is 0. The number of primary amides is 1. The van der Waals surface area contributed by atoms with Crippen LogP contribution < -0.4 is 5.73 Å². The van der Waals surface area contributed by atoms with Crippen molar-refractivity contribution in [2.75, 3.05) is 0 Å². The second kappa shape index (κ2) is 7.54. The Morgan fingerprint density at radius 1 is 1.14 bits per heavy atom. The van der Waals surface area contributed by atoms with Crippen LogP contribution in [0.25, 0.3) is 10.4 Å². The maximum Gasteiger partial charge on any atom is 0.277 e. The molecule has 3 nitrogen and oxygen atoms in total. The molecule has 4 bridgehead atoms. The van der Waals surface area contributed by atoms with E-state index in [1.54, 1.807) is 0 Å². The molecule has 0 saturated heterocycles. The van der Waals surface area contributed by atoms with Crippen LogP contribution in [0.2, 0.25) is 0 Å². The second-order valence-corrected chi connectivity index (χ2v) is 10.9. The fourth-order valence-corrected chi connectivity index (χ4v) is 7.81. The Balaban J connectivity index is 1.49. The lowest BCUT2D eigenvalue weighted by atomic mass is 9.48. The lowest BCUT2D eigenvalue weighted by Gasteiger charge is -2.57. The van der Waals surface area contributed by atoms with E-state index in [4.69, 9.17) is 5.73 Å². The highest BCUT2D eigenvalue weighted by Gasteiger charge is 2.51. The van der Waals surface area contributed by atoms with Crippen LogP contribution in [0.3, 0.4) is 0 Å². The first kappa shape index (κ1) is 19.3. The Kier molecular flexibility index (Phi) is 5.01. The molecule has 1 amide bonds. The topological polar surface area (TPSA) is 56.0 Å². The molecule has 0 spiro atoms. The highest BCUT2D eigenvalue weighted by Crippen LogP contribution is 2.60. The highest BCUT2D eigenvalue weighted by molar-refractivity contribution is 7.17. The highest BCUT2D eigenvalue weighted by atomic mass is 32.1. The van der Waals surface area contributed by atoms with Crippen LogP contribution in [0.5, 0.6) is 0 Å². The molecule has 1 aromatic heterocycles. The van der Waals surface area contributed by atoms with Gasteiger partial charge in [-0.2, -0.15) is 0 Å². The number of unbranched alkanes of at least 4 members (excludes halogenated alkanes) is 2. The standard InChI is InChI=1S/C25H32N2OS/c1-2-3-4-8-21-22(29-24(27-21)23(26)28)19-6-5-7-20(12-19)25-13-16-9-17(14-25)11-18(10-16)15-25/h5-7,12,16-18H,2-4,8-11,13-15H2,1H3,(H2,26,28). The van der Waals surface area contributed by atoms with Gasteiger partial charge in [-0.1, -0.05) is 38.0 Å². The maximum absolute atomic E-state index is 11.8. The van der Waals surface area contributed by atoms with E-state index in [0.717, 1.165) is 41.2 Å². The van der Waals surface area contributed by atoms with Gasteiger partial charge in [0.25, 0.3) is 5.91 Å². The minimum atomic E-state index is -0.407. The molecule has 0 radical (unpaired) electrons. The van der Waals surface area contributed by atoms with Crippen molar-refractivity contribution in [2.24, 2.45) is 23.5 Å². The van der Waals surface area contributed by atoms with Crippen LogP contribution in [-0.2, 0) is 11.8 Å². The van der Waals surface area contributed by atoms with Crippen molar-refractivity contribution in [3.63, 3.8) is 0 Å². The number of carbonyl (C=O) groups excluding carboxylic acids is 1. The molecule has 4 aliphatic carbocycles. The molecule has 4 saturated carbocycles. The number of aromatic nitrogens is 1. The molecule has 2 N–H and O–H groups in total. The van der Waals surface area contributed by atoms with Crippen molar-refractivity contribution >= 4 is 17.2 Å². The summed E-state index contributed by atoms with van der Waals surface area (Å²) in [4.78, 5) is 17.6. The van der Waals surface area contributed by atoms with Gasteiger partial charge in [-0.15, -0.1) is 11.3 Å². The summed E-state index contributed by atoms with van der Waals surface area (Å²) in [6, 6.07) is 9.21. The van der Waals surface area contributed by atoms with Crippen molar-refractivity contribution in [1.29, 1.82) is 0 Å². The molecule has 0 aliphatic heterocycles. The van der Waals surface area contributed by atoms with Gasteiger partial charge in [0.2, 0.25) is 0 Å². The molecule has 0 atom stereocenters. The number of carbonyl (C=O) groups is 1. The van der Waals surface area contributed by atoms with E-state index in [9.17, 15) is 4.79 Å². The van der Waals surface area contributed by atoms with E-state index in [1.807, 2.05) is 0 Å². The minimum absolute atomic E-state index is 0.393. The number of benzene rings is 1. The van der Waals surface area contributed by atoms with Gasteiger partial charge in [0.05, 0.1) is 10.6 Å². The predicted molar refractivity (Wildman–Crippen MR) is 119 cm³/mol. The van der Waals surface area contributed by atoms with Crippen molar-refractivity contribution in [2.45, 2.75) is 76.5 Å². The maximum atomic E-state index is 11.8.